The van der Waals surface area contributed by atoms with Crippen molar-refractivity contribution in [1.82, 2.24) is 20.2 Å². The van der Waals surface area contributed by atoms with E-state index in [-0.39, 0.29) is 0 Å². The average molecular weight is 542 g/mol. The summed E-state index contributed by atoms with van der Waals surface area (Å²) in [6.07, 6.45) is 2.01. The first-order valence-corrected chi connectivity index (χ1v) is 10.7. The Morgan fingerprint density at radius 2 is 1.61 bits per heavy atom. The van der Waals surface area contributed by atoms with Gasteiger partial charge >= 0.3 is 24.1 Å². The van der Waals surface area contributed by atoms with Gasteiger partial charge in [0.15, 0.2) is 0 Å². The van der Waals surface area contributed by atoms with Crippen LogP contribution in [0.2, 0.25) is 0 Å². The predicted molar refractivity (Wildman–Crippen MR) is 125 cm³/mol. The molecule has 0 spiro atoms. The molecule has 0 bridgehead atoms. The average Bonchev–Trinajstić information content (AvgIpc) is 3.35. The number of amides is 2. The summed E-state index contributed by atoms with van der Waals surface area (Å²) in [5.41, 5.74) is 1.60. The summed E-state index contributed by atoms with van der Waals surface area (Å²) in [5.74, 6) is -7.30. The Bertz CT molecular complexity index is 1150. The lowest BCUT2D eigenvalue weighted by molar-refractivity contribution is -0.192. The Labute approximate surface area is 213 Å². The van der Waals surface area contributed by atoms with Crippen molar-refractivity contribution >= 4 is 35.8 Å². The summed E-state index contributed by atoms with van der Waals surface area (Å²) in [4.78, 5) is 59.8. The minimum atomic E-state index is -5.08. The third-order valence-electron chi connectivity index (χ3n) is 4.61. The van der Waals surface area contributed by atoms with Crippen LogP contribution in [0.1, 0.15) is 25.8 Å². The van der Waals surface area contributed by atoms with E-state index in [1.165, 1.54) is 12.2 Å². The topological polar surface area (TPSA) is 188 Å². The normalized spacial score (nSPS) is 12.7. The Morgan fingerprint density at radius 1 is 1.03 bits per heavy atom. The van der Waals surface area contributed by atoms with E-state index < -0.39 is 60.3 Å². The smallest absolute Gasteiger partial charge is 0.481 e. The fourth-order valence-corrected chi connectivity index (χ4v) is 2.71. The lowest BCUT2D eigenvalue weighted by atomic mass is 10.0. The van der Waals surface area contributed by atoms with Gasteiger partial charge in [0.1, 0.15) is 12.1 Å². The lowest BCUT2D eigenvalue weighted by Gasteiger charge is -2.22. The summed E-state index contributed by atoms with van der Waals surface area (Å²) in [6, 6.07) is 4.60. The fraction of sp³-hybridized carbons (Fsp3) is 0.304. The molecule has 2 rings (SSSR count). The molecule has 0 saturated heterocycles. The van der Waals surface area contributed by atoms with Crippen LogP contribution < -0.4 is 10.6 Å². The molecular formula is C23H25F3N4O8. The SMILES string of the molecule is CC(C)[C@H](NC(=O)[C@H](CC(=O)O)NC(=O)C=Cc1ccc(-n2ccnc2)cc1)C(=O)O.O=C(O)C(F)(F)F. The molecule has 0 fully saturated rings. The molecular weight excluding hydrogens is 517 g/mol. The first-order chi connectivity index (χ1) is 17.6. The van der Waals surface area contributed by atoms with Gasteiger partial charge in [-0.05, 0) is 29.7 Å². The molecule has 1 aromatic carbocycles. The zero-order valence-electron chi connectivity index (χ0n) is 20.0. The number of aliphatic carboxylic acids is 3. The number of halogens is 3. The highest BCUT2D eigenvalue weighted by Gasteiger charge is 2.38. The number of hydrogen-bond acceptors (Lipinski definition) is 6. The van der Waals surface area contributed by atoms with Crippen molar-refractivity contribution in [2.75, 3.05) is 0 Å². The number of imidazole rings is 1. The van der Waals surface area contributed by atoms with Crippen LogP contribution in [0.25, 0.3) is 11.8 Å². The molecule has 0 aliphatic rings. The molecule has 12 nitrogen and oxygen atoms in total. The Balaban J connectivity index is 0.000000905. The number of carbonyl (C=O) groups excluding carboxylic acids is 2. The third-order valence-corrected chi connectivity index (χ3v) is 4.61. The number of nitrogens with one attached hydrogen (secondary N) is 2. The quantitative estimate of drug-likeness (QED) is 0.278. The van der Waals surface area contributed by atoms with Gasteiger partial charge in [0.2, 0.25) is 11.8 Å². The van der Waals surface area contributed by atoms with Gasteiger partial charge < -0.3 is 30.5 Å². The van der Waals surface area contributed by atoms with Crippen LogP contribution in [0.4, 0.5) is 13.2 Å². The van der Waals surface area contributed by atoms with Gasteiger partial charge in [0.05, 0.1) is 12.7 Å². The maximum absolute atomic E-state index is 12.4. The zero-order valence-corrected chi connectivity index (χ0v) is 20.0. The molecule has 2 atom stereocenters. The number of hydrogen-bond donors (Lipinski definition) is 5. The van der Waals surface area contributed by atoms with Crippen LogP contribution in [-0.2, 0) is 24.0 Å². The van der Waals surface area contributed by atoms with Crippen molar-refractivity contribution < 1.29 is 52.5 Å². The number of nitrogens with zero attached hydrogens (tertiary/aromatic N) is 2. The Hall–Kier alpha value is -4.69. The van der Waals surface area contributed by atoms with Gasteiger partial charge in [0.25, 0.3) is 0 Å². The minimum Gasteiger partial charge on any atom is -0.481 e. The number of carboxylic acid groups (broad SMARTS) is 3. The molecule has 0 saturated carbocycles. The molecule has 2 amide bonds. The van der Waals surface area contributed by atoms with E-state index in [1.807, 2.05) is 16.7 Å². The highest BCUT2D eigenvalue weighted by Crippen LogP contribution is 2.13. The maximum atomic E-state index is 12.4. The minimum absolute atomic E-state index is 0.423. The molecule has 1 aromatic heterocycles. The van der Waals surface area contributed by atoms with E-state index in [4.69, 9.17) is 15.0 Å². The van der Waals surface area contributed by atoms with Gasteiger partial charge in [0, 0.05) is 24.2 Å². The van der Waals surface area contributed by atoms with E-state index in [0.29, 0.717) is 5.56 Å². The second kappa shape index (κ2) is 14.2. The van der Waals surface area contributed by atoms with Crippen molar-refractivity contribution in [2.24, 2.45) is 5.92 Å². The highest BCUT2D eigenvalue weighted by molar-refractivity contribution is 5.97. The number of aromatic nitrogens is 2. The number of carboxylic acids is 3. The maximum Gasteiger partial charge on any atom is 0.490 e. The van der Waals surface area contributed by atoms with Crippen molar-refractivity contribution in [3.05, 3.63) is 54.6 Å². The first kappa shape index (κ1) is 31.3. The zero-order chi connectivity index (χ0) is 29.0. The van der Waals surface area contributed by atoms with Crippen LogP contribution in [0.3, 0.4) is 0 Å². The summed E-state index contributed by atoms with van der Waals surface area (Å²) < 4.78 is 33.6. The number of carbonyl (C=O) groups is 5. The standard InChI is InChI=1S/C21H24N4O6.C2HF3O2/c1-13(2)19(21(30)31)24-20(29)16(11-18(27)28)23-17(26)8-5-14-3-6-15(7-4-14)25-10-9-22-12-25;3-2(4,5)1(6)7/h3-10,12-13,16,19H,11H2,1-2H3,(H,23,26)(H,24,29)(H,27,28)(H,30,31);(H,6,7)/t16-,19-;/m0./s1. The van der Waals surface area contributed by atoms with E-state index in [9.17, 15) is 37.5 Å². The van der Waals surface area contributed by atoms with Gasteiger partial charge in [-0.3, -0.25) is 14.4 Å². The van der Waals surface area contributed by atoms with Crippen molar-refractivity contribution in [3.63, 3.8) is 0 Å². The molecule has 0 aliphatic heterocycles. The molecule has 0 radical (unpaired) electrons. The predicted octanol–water partition coefficient (Wildman–Crippen LogP) is 1.70. The summed E-state index contributed by atoms with van der Waals surface area (Å²) >= 11 is 0. The molecule has 0 unspecified atom stereocenters. The Kier molecular flexibility index (Phi) is 11.7. The summed E-state index contributed by atoms with van der Waals surface area (Å²) in [5, 5.41) is 29.9. The van der Waals surface area contributed by atoms with Crippen LogP contribution >= 0.6 is 0 Å². The van der Waals surface area contributed by atoms with Crippen LogP contribution in [0.15, 0.2) is 49.1 Å². The van der Waals surface area contributed by atoms with Crippen LogP contribution in [0, 0.1) is 5.92 Å². The number of rotatable bonds is 10. The molecule has 1 heterocycles. The van der Waals surface area contributed by atoms with E-state index in [0.717, 1.165) is 5.69 Å². The van der Waals surface area contributed by atoms with Crippen molar-refractivity contribution in [2.45, 2.75) is 38.5 Å². The highest BCUT2D eigenvalue weighted by atomic mass is 19.4. The molecule has 5 N–H and O–H groups in total. The van der Waals surface area contributed by atoms with Gasteiger partial charge in [-0.2, -0.15) is 13.2 Å². The van der Waals surface area contributed by atoms with E-state index in [2.05, 4.69) is 15.6 Å². The lowest BCUT2D eigenvalue weighted by Crippen LogP contribution is -2.53. The second-order valence-electron chi connectivity index (χ2n) is 7.93. The first-order valence-electron chi connectivity index (χ1n) is 10.7. The van der Waals surface area contributed by atoms with Gasteiger partial charge in [-0.1, -0.05) is 26.0 Å². The molecule has 206 valence electrons. The van der Waals surface area contributed by atoms with E-state index in [1.54, 1.807) is 44.7 Å². The fourth-order valence-electron chi connectivity index (χ4n) is 2.71. The van der Waals surface area contributed by atoms with Crippen LogP contribution in [0.5, 0.6) is 0 Å². The summed E-state index contributed by atoms with van der Waals surface area (Å²) in [7, 11) is 0. The molecule has 0 aliphatic carbocycles. The molecule has 2 aromatic rings. The largest absolute Gasteiger partial charge is 0.490 e. The third kappa shape index (κ3) is 10.9. The van der Waals surface area contributed by atoms with Crippen molar-refractivity contribution in [3.8, 4) is 5.69 Å². The van der Waals surface area contributed by atoms with Gasteiger partial charge in [-0.25, -0.2) is 14.6 Å². The second-order valence-corrected chi connectivity index (χ2v) is 7.93. The number of benzene rings is 1. The van der Waals surface area contributed by atoms with E-state index >= 15 is 0 Å². The van der Waals surface area contributed by atoms with Crippen molar-refractivity contribution in [1.29, 1.82) is 0 Å². The number of alkyl halides is 3. The molecule has 15 heteroatoms. The molecule has 38 heavy (non-hydrogen) atoms. The monoisotopic (exact) mass is 542 g/mol. The summed E-state index contributed by atoms with van der Waals surface area (Å²) in [6.45, 7) is 3.20. The van der Waals surface area contributed by atoms with Crippen LogP contribution in [-0.4, -0.2) is 72.9 Å². The Morgan fingerprint density at radius 3 is 2.03 bits per heavy atom. The van der Waals surface area contributed by atoms with Gasteiger partial charge in [-0.15, -0.1) is 0 Å².